The second kappa shape index (κ2) is 5.43. The molecule has 2 aromatic carbocycles. The van der Waals surface area contributed by atoms with E-state index in [0.29, 0.717) is 29.3 Å². The number of hydrogen-bond acceptors (Lipinski definition) is 1. The van der Waals surface area contributed by atoms with Gasteiger partial charge in [-0.1, -0.05) is 42.8 Å². The second-order valence-electron chi connectivity index (χ2n) is 5.97. The smallest absolute Gasteiger partial charge is 0.123 e. The Bertz CT molecular complexity index is 670. The molecule has 0 fully saturated rings. The van der Waals surface area contributed by atoms with E-state index in [4.69, 9.17) is 11.6 Å². The van der Waals surface area contributed by atoms with Crippen molar-refractivity contribution >= 4 is 11.6 Å². The van der Waals surface area contributed by atoms with Crippen molar-refractivity contribution in [3.63, 3.8) is 0 Å². The molecule has 3 rings (SSSR count). The Morgan fingerprint density at radius 2 is 2.05 bits per heavy atom. The van der Waals surface area contributed by atoms with Crippen LogP contribution in [0.1, 0.15) is 42.4 Å². The lowest BCUT2D eigenvalue weighted by molar-refractivity contribution is 0.0159. The van der Waals surface area contributed by atoms with Crippen LogP contribution < -0.4 is 0 Å². The molecule has 0 radical (unpaired) electrons. The molecule has 2 aromatic rings. The minimum atomic E-state index is -0.972. The van der Waals surface area contributed by atoms with Crippen LogP contribution in [0.25, 0.3) is 0 Å². The summed E-state index contributed by atoms with van der Waals surface area (Å²) < 4.78 is 13.4. The molecule has 21 heavy (non-hydrogen) atoms. The molecule has 1 nitrogen and oxygen atoms in total. The summed E-state index contributed by atoms with van der Waals surface area (Å²) in [7, 11) is 0. The summed E-state index contributed by atoms with van der Waals surface area (Å²) in [5, 5.41) is 11.6. The van der Waals surface area contributed by atoms with Crippen LogP contribution in [0.15, 0.2) is 42.5 Å². The SMILES string of the molecule is CC1CCC(O)(Cc2cc(F)ccc2Cl)c2ccccc21. The Labute approximate surface area is 129 Å². The van der Waals surface area contributed by atoms with Crippen molar-refractivity contribution in [2.45, 2.75) is 37.7 Å². The quantitative estimate of drug-likeness (QED) is 0.844. The lowest BCUT2D eigenvalue weighted by Crippen LogP contribution is -2.34. The third-order valence-electron chi connectivity index (χ3n) is 4.47. The second-order valence-corrected chi connectivity index (χ2v) is 6.38. The van der Waals surface area contributed by atoms with Gasteiger partial charge in [-0.05, 0) is 53.6 Å². The Morgan fingerprint density at radius 3 is 2.86 bits per heavy atom. The summed E-state index contributed by atoms with van der Waals surface area (Å²) in [4.78, 5) is 0. The molecule has 0 heterocycles. The van der Waals surface area contributed by atoms with Crippen molar-refractivity contribution in [1.82, 2.24) is 0 Å². The molecule has 1 aliphatic rings. The van der Waals surface area contributed by atoms with E-state index >= 15 is 0 Å². The summed E-state index contributed by atoms with van der Waals surface area (Å²) in [6, 6.07) is 12.3. The lowest BCUT2D eigenvalue weighted by Gasteiger charge is -2.37. The topological polar surface area (TPSA) is 20.2 Å². The van der Waals surface area contributed by atoms with Gasteiger partial charge in [0.1, 0.15) is 5.82 Å². The van der Waals surface area contributed by atoms with E-state index in [-0.39, 0.29) is 5.82 Å². The Morgan fingerprint density at radius 1 is 1.29 bits per heavy atom. The van der Waals surface area contributed by atoms with E-state index < -0.39 is 5.60 Å². The van der Waals surface area contributed by atoms with Gasteiger partial charge in [-0.2, -0.15) is 0 Å². The highest BCUT2D eigenvalue weighted by molar-refractivity contribution is 6.31. The van der Waals surface area contributed by atoms with Gasteiger partial charge >= 0.3 is 0 Å². The summed E-state index contributed by atoms with van der Waals surface area (Å²) in [5.74, 6) is 0.111. The van der Waals surface area contributed by atoms with Gasteiger partial charge in [0.25, 0.3) is 0 Å². The van der Waals surface area contributed by atoms with Crippen LogP contribution >= 0.6 is 11.6 Å². The molecule has 1 N–H and O–H groups in total. The van der Waals surface area contributed by atoms with E-state index in [1.807, 2.05) is 18.2 Å². The summed E-state index contributed by atoms with van der Waals surface area (Å²) in [6.45, 7) is 2.17. The van der Waals surface area contributed by atoms with Crippen LogP contribution in [0.5, 0.6) is 0 Å². The van der Waals surface area contributed by atoms with Gasteiger partial charge in [0, 0.05) is 11.4 Å². The van der Waals surface area contributed by atoms with E-state index in [9.17, 15) is 9.50 Å². The van der Waals surface area contributed by atoms with Crippen LogP contribution in [-0.2, 0) is 12.0 Å². The minimum absolute atomic E-state index is 0.324. The summed E-state index contributed by atoms with van der Waals surface area (Å²) in [6.07, 6.45) is 1.92. The number of benzene rings is 2. The highest BCUT2D eigenvalue weighted by Gasteiger charge is 2.37. The first kappa shape index (κ1) is 14.6. The maximum absolute atomic E-state index is 13.4. The van der Waals surface area contributed by atoms with E-state index in [2.05, 4.69) is 13.0 Å². The molecule has 3 heteroatoms. The Balaban J connectivity index is 2.02. The molecular weight excluding hydrogens is 287 g/mol. The maximum Gasteiger partial charge on any atom is 0.123 e. The lowest BCUT2D eigenvalue weighted by atomic mass is 9.72. The number of hydrogen-bond donors (Lipinski definition) is 1. The van der Waals surface area contributed by atoms with Gasteiger partial charge in [-0.25, -0.2) is 4.39 Å². The van der Waals surface area contributed by atoms with Gasteiger partial charge < -0.3 is 5.11 Å². The molecule has 110 valence electrons. The predicted octanol–water partition coefficient (Wildman–Crippen LogP) is 4.81. The first-order valence-electron chi connectivity index (χ1n) is 7.25. The number of rotatable bonds is 2. The zero-order valence-electron chi connectivity index (χ0n) is 11.9. The molecule has 0 amide bonds. The van der Waals surface area contributed by atoms with Crippen LogP contribution in [-0.4, -0.2) is 5.11 Å². The molecule has 2 atom stereocenters. The van der Waals surface area contributed by atoms with Crippen LogP contribution in [0.3, 0.4) is 0 Å². The molecular formula is C18H18ClFO. The molecule has 0 bridgehead atoms. The Kier molecular flexibility index (Phi) is 3.76. The standard InChI is InChI=1S/C18H18ClFO/c1-12-8-9-18(21,16-5-3-2-4-15(12)16)11-13-10-14(20)6-7-17(13)19/h2-7,10,12,21H,8-9,11H2,1H3. The van der Waals surface area contributed by atoms with Crippen molar-refractivity contribution in [3.05, 3.63) is 70.0 Å². The van der Waals surface area contributed by atoms with Crippen molar-refractivity contribution < 1.29 is 9.50 Å². The van der Waals surface area contributed by atoms with E-state index in [1.54, 1.807) is 6.07 Å². The number of fused-ring (bicyclic) bond motifs is 1. The molecule has 1 aliphatic carbocycles. The predicted molar refractivity (Wildman–Crippen MR) is 83.1 cm³/mol. The monoisotopic (exact) mass is 304 g/mol. The highest BCUT2D eigenvalue weighted by Crippen LogP contribution is 2.43. The van der Waals surface area contributed by atoms with Crippen LogP contribution in [0, 0.1) is 5.82 Å². The van der Waals surface area contributed by atoms with Crippen LogP contribution in [0.4, 0.5) is 4.39 Å². The maximum atomic E-state index is 13.4. The molecule has 0 saturated carbocycles. The van der Waals surface area contributed by atoms with Crippen molar-refractivity contribution in [1.29, 1.82) is 0 Å². The first-order chi connectivity index (χ1) is 9.99. The van der Waals surface area contributed by atoms with Gasteiger partial charge in [0.05, 0.1) is 5.60 Å². The fourth-order valence-corrected chi connectivity index (χ4v) is 3.46. The fraction of sp³-hybridized carbons (Fsp3) is 0.333. The van der Waals surface area contributed by atoms with Gasteiger partial charge in [0.2, 0.25) is 0 Å². The van der Waals surface area contributed by atoms with Gasteiger partial charge in [-0.15, -0.1) is 0 Å². The van der Waals surface area contributed by atoms with Gasteiger partial charge in [0.15, 0.2) is 0 Å². The molecule has 0 saturated heterocycles. The molecule has 2 unspecified atom stereocenters. The van der Waals surface area contributed by atoms with Crippen molar-refractivity contribution in [2.75, 3.05) is 0 Å². The number of halogens is 2. The number of aliphatic hydroxyl groups is 1. The summed E-state index contributed by atoms with van der Waals surface area (Å²) in [5.41, 5.74) is 1.81. The minimum Gasteiger partial charge on any atom is -0.385 e. The molecule has 0 spiro atoms. The molecule has 0 aliphatic heterocycles. The normalized spacial score (nSPS) is 24.7. The van der Waals surface area contributed by atoms with E-state index in [0.717, 1.165) is 12.0 Å². The largest absolute Gasteiger partial charge is 0.385 e. The fourth-order valence-electron chi connectivity index (χ4n) is 3.27. The van der Waals surface area contributed by atoms with Crippen LogP contribution in [0.2, 0.25) is 5.02 Å². The zero-order valence-corrected chi connectivity index (χ0v) is 12.7. The van der Waals surface area contributed by atoms with Crippen molar-refractivity contribution in [2.24, 2.45) is 0 Å². The van der Waals surface area contributed by atoms with Gasteiger partial charge in [-0.3, -0.25) is 0 Å². The first-order valence-corrected chi connectivity index (χ1v) is 7.63. The third kappa shape index (κ3) is 2.70. The van der Waals surface area contributed by atoms with E-state index in [1.165, 1.54) is 17.7 Å². The highest BCUT2D eigenvalue weighted by atomic mass is 35.5. The zero-order chi connectivity index (χ0) is 15.0. The summed E-state index contributed by atoms with van der Waals surface area (Å²) >= 11 is 6.16. The average Bonchev–Trinajstić information content (AvgIpc) is 2.48. The van der Waals surface area contributed by atoms with Crippen molar-refractivity contribution in [3.8, 4) is 0 Å². The Hall–Kier alpha value is -1.38. The average molecular weight is 305 g/mol. The molecule has 0 aromatic heterocycles. The third-order valence-corrected chi connectivity index (χ3v) is 4.84.